The zero-order valence-electron chi connectivity index (χ0n) is 12.7. The highest BCUT2D eigenvalue weighted by Crippen LogP contribution is 2.58. The van der Waals surface area contributed by atoms with Gasteiger partial charge < -0.3 is 0 Å². The molecule has 0 radical (unpaired) electrons. The van der Waals surface area contributed by atoms with E-state index in [1.54, 1.807) is 16.7 Å². The fraction of sp³-hybridized carbons (Fsp3) is 0.600. The van der Waals surface area contributed by atoms with Crippen LogP contribution in [0.3, 0.4) is 0 Å². The van der Waals surface area contributed by atoms with E-state index in [-0.39, 0.29) is 0 Å². The van der Waals surface area contributed by atoms with Gasteiger partial charge >= 0.3 is 0 Å². The highest BCUT2D eigenvalue weighted by atomic mass is 14.5. The van der Waals surface area contributed by atoms with E-state index in [4.69, 9.17) is 0 Å². The van der Waals surface area contributed by atoms with Gasteiger partial charge in [0.1, 0.15) is 0 Å². The first-order chi connectivity index (χ1) is 9.82. The lowest BCUT2D eigenvalue weighted by Gasteiger charge is -2.41. The zero-order chi connectivity index (χ0) is 13.6. The fourth-order valence-electron chi connectivity index (χ4n) is 5.16. The molecule has 0 amide bonds. The molecule has 106 valence electrons. The summed E-state index contributed by atoms with van der Waals surface area (Å²) in [4.78, 5) is 0. The van der Waals surface area contributed by atoms with Crippen LogP contribution in [0.15, 0.2) is 30.4 Å². The van der Waals surface area contributed by atoms with E-state index in [0.29, 0.717) is 5.41 Å². The zero-order valence-corrected chi connectivity index (χ0v) is 12.7. The van der Waals surface area contributed by atoms with Crippen LogP contribution in [0, 0.1) is 11.8 Å². The van der Waals surface area contributed by atoms with E-state index >= 15 is 0 Å². The van der Waals surface area contributed by atoms with Gasteiger partial charge in [0, 0.05) is 5.41 Å². The second kappa shape index (κ2) is 4.76. The Balaban J connectivity index is 1.70. The molecule has 1 saturated carbocycles. The molecule has 3 aliphatic rings. The minimum atomic E-state index is 0.524. The first-order valence-corrected chi connectivity index (χ1v) is 8.62. The second-order valence-electron chi connectivity index (χ2n) is 7.30. The van der Waals surface area contributed by atoms with Crippen LogP contribution < -0.4 is 0 Å². The smallest absolute Gasteiger partial charge is 0.00243 e. The number of allylic oxidation sites excluding steroid dienone is 2. The topological polar surface area (TPSA) is 0 Å². The number of fused-ring (bicyclic) bond motifs is 5. The quantitative estimate of drug-likeness (QED) is 0.660. The van der Waals surface area contributed by atoms with E-state index in [9.17, 15) is 0 Å². The van der Waals surface area contributed by atoms with Crippen molar-refractivity contribution in [2.45, 2.75) is 63.7 Å². The monoisotopic (exact) mass is 266 g/mol. The first kappa shape index (κ1) is 12.7. The molecule has 0 heterocycles. The summed E-state index contributed by atoms with van der Waals surface area (Å²) < 4.78 is 0. The molecular weight excluding hydrogens is 240 g/mol. The van der Waals surface area contributed by atoms with Crippen molar-refractivity contribution < 1.29 is 0 Å². The molecular formula is C20H26. The van der Waals surface area contributed by atoms with Gasteiger partial charge in [-0.25, -0.2) is 0 Å². The lowest BCUT2D eigenvalue weighted by molar-refractivity contribution is 0.303. The first-order valence-electron chi connectivity index (χ1n) is 8.62. The number of hydrogen-bond acceptors (Lipinski definition) is 0. The van der Waals surface area contributed by atoms with Gasteiger partial charge in [-0.15, -0.1) is 0 Å². The van der Waals surface area contributed by atoms with Gasteiger partial charge in [0.05, 0.1) is 0 Å². The van der Waals surface area contributed by atoms with Crippen molar-refractivity contribution in [3.05, 3.63) is 47.0 Å². The molecule has 1 spiro atoms. The van der Waals surface area contributed by atoms with E-state index in [1.807, 2.05) is 0 Å². The van der Waals surface area contributed by atoms with Crippen LogP contribution in [-0.4, -0.2) is 0 Å². The van der Waals surface area contributed by atoms with Crippen LogP contribution in [-0.2, 0) is 18.3 Å². The number of unbranched alkanes of at least 4 members (excludes halogenated alkanes) is 1. The van der Waals surface area contributed by atoms with Crippen molar-refractivity contribution in [3.8, 4) is 0 Å². The lowest BCUT2D eigenvalue weighted by atomic mass is 9.63. The summed E-state index contributed by atoms with van der Waals surface area (Å²) in [7, 11) is 0. The van der Waals surface area contributed by atoms with Crippen LogP contribution in [0.2, 0.25) is 0 Å². The van der Waals surface area contributed by atoms with Crippen molar-refractivity contribution in [1.82, 2.24) is 0 Å². The Morgan fingerprint density at radius 1 is 1.25 bits per heavy atom. The van der Waals surface area contributed by atoms with Gasteiger partial charge in [-0.1, -0.05) is 43.7 Å². The molecule has 0 aliphatic heterocycles. The minimum absolute atomic E-state index is 0.524. The molecule has 20 heavy (non-hydrogen) atoms. The average Bonchev–Trinajstić information content (AvgIpc) is 3.06. The molecule has 0 aromatic heterocycles. The molecule has 0 nitrogen and oxygen atoms in total. The SMILES string of the molecule is CCCCc1ccc2c(c1)CCCC21CC2C=CC1C2. The molecule has 1 aromatic carbocycles. The van der Waals surface area contributed by atoms with Crippen LogP contribution >= 0.6 is 0 Å². The highest BCUT2D eigenvalue weighted by molar-refractivity contribution is 5.43. The van der Waals surface area contributed by atoms with Crippen LogP contribution in [0.25, 0.3) is 0 Å². The fourth-order valence-corrected chi connectivity index (χ4v) is 5.16. The Morgan fingerprint density at radius 2 is 2.20 bits per heavy atom. The van der Waals surface area contributed by atoms with Gasteiger partial charge in [0.25, 0.3) is 0 Å². The normalized spacial score (nSPS) is 33.9. The van der Waals surface area contributed by atoms with E-state index < -0.39 is 0 Å². The molecule has 3 atom stereocenters. The maximum Gasteiger partial charge on any atom is 0.00243 e. The molecule has 0 N–H and O–H groups in total. The number of aryl methyl sites for hydroxylation is 2. The van der Waals surface area contributed by atoms with Gasteiger partial charge in [-0.3, -0.25) is 0 Å². The second-order valence-corrected chi connectivity index (χ2v) is 7.30. The molecule has 4 rings (SSSR count). The predicted octanol–water partition coefficient (Wildman–Crippen LogP) is 5.20. The van der Waals surface area contributed by atoms with Gasteiger partial charge in [-0.2, -0.15) is 0 Å². The molecule has 0 saturated heterocycles. The Morgan fingerprint density at radius 3 is 2.95 bits per heavy atom. The average molecular weight is 266 g/mol. The summed E-state index contributed by atoms with van der Waals surface area (Å²) in [5.41, 5.74) is 5.50. The van der Waals surface area contributed by atoms with Crippen LogP contribution in [0.5, 0.6) is 0 Å². The van der Waals surface area contributed by atoms with Crippen LogP contribution in [0.1, 0.15) is 62.1 Å². The Bertz CT molecular complexity index is 539. The predicted molar refractivity (Wildman–Crippen MR) is 85.0 cm³/mol. The van der Waals surface area contributed by atoms with Crippen LogP contribution in [0.4, 0.5) is 0 Å². The third-order valence-electron chi connectivity index (χ3n) is 6.10. The molecule has 3 aliphatic carbocycles. The standard InChI is InChI=1S/C20H26/c1-2-3-5-15-8-10-19-17(12-15)6-4-11-20(19)14-16-7-9-18(20)13-16/h7-10,12,16,18H,2-6,11,13-14H2,1H3. The Kier molecular flexibility index (Phi) is 3.02. The molecule has 0 heteroatoms. The molecule has 2 bridgehead atoms. The van der Waals surface area contributed by atoms with E-state index in [2.05, 4.69) is 37.3 Å². The lowest BCUT2D eigenvalue weighted by Crippen LogP contribution is -2.35. The molecule has 1 aromatic rings. The largest absolute Gasteiger partial charge is 0.0851 e. The van der Waals surface area contributed by atoms with E-state index in [1.165, 1.54) is 51.4 Å². The summed E-state index contributed by atoms with van der Waals surface area (Å²) in [5.74, 6) is 1.72. The number of rotatable bonds is 3. The van der Waals surface area contributed by atoms with E-state index in [0.717, 1.165) is 11.8 Å². The summed E-state index contributed by atoms with van der Waals surface area (Å²) in [6.45, 7) is 2.29. The molecule has 1 fully saturated rings. The van der Waals surface area contributed by atoms with Crippen molar-refractivity contribution in [2.24, 2.45) is 11.8 Å². The minimum Gasteiger partial charge on any atom is -0.0851 e. The van der Waals surface area contributed by atoms with Crippen molar-refractivity contribution >= 4 is 0 Å². The third kappa shape index (κ3) is 1.80. The molecule has 3 unspecified atom stereocenters. The summed E-state index contributed by atoms with van der Waals surface area (Å²) in [6, 6.07) is 7.48. The maximum atomic E-state index is 2.54. The number of hydrogen-bond donors (Lipinski definition) is 0. The van der Waals surface area contributed by atoms with Gasteiger partial charge in [-0.05, 0) is 73.5 Å². The van der Waals surface area contributed by atoms with Crippen molar-refractivity contribution in [1.29, 1.82) is 0 Å². The van der Waals surface area contributed by atoms with Crippen molar-refractivity contribution in [2.75, 3.05) is 0 Å². The Labute approximate surface area is 123 Å². The summed E-state index contributed by atoms with van der Waals surface area (Å²) in [5, 5.41) is 0. The maximum absolute atomic E-state index is 2.54. The number of benzene rings is 1. The Hall–Kier alpha value is -1.04. The summed E-state index contributed by atoms with van der Waals surface area (Å²) in [6.07, 6.45) is 15.9. The van der Waals surface area contributed by atoms with Gasteiger partial charge in [0.2, 0.25) is 0 Å². The summed E-state index contributed by atoms with van der Waals surface area (Å²) >= 11 is 0. The third-order valence-corrected chi connectivity index (χ3v) is 6.10. The van der Waals surface area contributed by atoms with Crippen molar-refractivity contribution in [3.63, 3.8) is 0 Å². The highest BCUT2D eigenvalue weighted by Gasteiger charge is 2.50. The van der Waals surface area contributed by atoms with Gasteiger partial charge in [0.15, 0.2) is 0 Å².